The maximum Gasteiger partial charge on any atom is 0.155 e. The number of fused-ring (bicyclic) bond motifs is 5. The highest BCUT2D eigenvalue weighted by atomic mass is 35.5. The van der Waals surface area contributed by atoms with Gasteiger partial charge in [-0.1, -0.05) is 30.1 Å². The number of carbonyl (C=O) groups excluding carboxylic acids is 2. The second kappa shape index (κ2) is 6.38. The average Bonchev–Trinajstić information content (AvgIpc) is 3.38. The summed E-state index contributed by atoms with van der Waals surface area (Å²) in [6.45, 7) is 2.02. The summed E-state index contributed by atoms with van der Waals surface area (Å²) in [5.41, 5.74) is 1.39. The molecular weight excluding hydrogens is 405 g/mol. The minimum atomic E-state index is -0.752. The van der Waals surface area contributed by atoms with Crippen LogP contribution in [-0.4, -0.2) is 28.8 Å². The van der Waals surface area contributed by atoms with Gasteiger partial charge in [0.15, 0.2) is 11.6 Å². The Hall–Kier alpha value is -1.27. The van der Waals surface area contributed by atoms with Crippen LogP contribution < -0.4 is 0 Å². The highest BCUT2D eigenvalue weighted by Gasteiger charge is 2.63. The number of ether oxygens (including phenoxy) is 1. The van der Waals surface area contributed by atoms with E-state index in [2.05, 4.69) is 0 Å². The molecule has 3 heterocycles. The molecule has 4 nitrogen and oxygen atoms in total. The van der Waals surface area contributed by atoms with Crippen molar-refractivity contribution in [2.45, 2.75) is 44.3 Å². The van der Waals surface area contributed by atoms with Crippen LogP contribution in [0.1, 0.15) is 36.3 Å². The molecule has 1 aromatic heterocycles. The summed E-state index contributed by atoms with van der Waals surface area (Å²) in [4.78, 5) is 32.0. The average molecular weight is 422 g/mol. The summed E-state index contributed by atoms with van der Waals surface area (Å²) in [5, 5.41) is 1.79. The molecule has 2 aliphatic heterocycles. The smallest absolute Gasteiger partial charge is 0.155 e. The third-order valence-corrected chi connectivity index (χ3v) is 7.78. The van der Waals surface area contributed by atoms with E-state index >= 15 is 0 Å². The number of ketones is 2. The van der Waals surface area contributed by atoms with Gasteiger partial charge < -0.3 is 4.74 Å². The first-order chi connectivity index (χ1) is 13.0. The van der Waals surface area contributed by atoms with Crippen LogP contribution in [0.3, 0.4) is 0 Å². The van der Waals surface area contributed by atoms with Gasteiger partial charge in [0.1, 0.15) is 10.9 Å². The Balaban J connectivity index is 1.57. The SMILES string of the molecule is CCc1sc(-c2ccc(Cl)cc2Cl)nc1C1C(=O)[C@@H]2C3CCC(O3)[C@@H]2C1=O. The van der Waals surface area contributed by atoms with E-state index in [-0.39, 0.29) is 35.6 Å². The molecule has 140 valence electrons. The molecule has 2 bridgehead atoms. The molecule has 1 saturated carbocycles. The van der Waals surface area contributed by atoms with E-state index in [0.29, 0.717) is 22.2 Å². The minimum absolute atomic E-state index is 0.00838. The van der Waals surface area contributed by atoms with Crippen molar-refractivity contribution in [3.8, 4) is 10.6 Å². The topological polar surface area (TPSA) is 56.3 Å². The molecule has 1 aliphatic carbocycles. The molecule has 5 atom stereocenters. The van der Waals surface area contributed by atoms with E-state index in [1.54, 1.807) is 12.1 Å². The van der Waals surface area contributed by atoms with Crippen LogP contribution in [0.5, 0.6) is 0 Å². The lowest BCUT2D eigenvalue weighted by molar-refractivity contribution is -0.127. The number of halogens is 2. The van der Waals surface area contributed by atoms with Crippen molar-refractivity contribution in [2.24, 2.45) is 11.8 Å². The Morgan fingerprint density at radius 3 is 2.41 bits per heavy atom. The van der Waals surface area contributed by atoms with Gasteiger partial charge in [-0.05, 0) is 37.5 Å². The Morgan fingerprint density at radius 1 is 1.15 bits per heavy atom. The van der Waals surface area contributed by atoms with Crippen molar-refractivity contribution in [1.29, 1.82) is 0 Å². The molecule has 3 fully saturated rings. The third-order valence-electron chi connectivity index (χ3n) is 5.98. The second-order valence-corrected chi connectivity index (χ2v) is 9.31. The fourth-order valence-electron chi connectivity index (χ4n) is 4.82. The normalized spacial score (nSPS) is 31.7. The fourth-order valence-corrected chi connectivity index (χ4v) is 6.45. The zero-order valence-electron chi connectivity index (χ0n) is 14.6. The molecule has 2 aromatic rings. The van der Waals surface area contributed by atoms with Crippen LogP contribution in [0.15, 0.2) is 18.2 Å². The molecule has 27 heavy (non-hydrogen) atoms. The lowest BCUT2D eigenvalue weighted by atomic mass is 9.81. The van der Waals surface area contributed by atoms with E-state index in [1.165, 1.54) is 11.3 Å². The number of aryl methyl sites for hydroxylation is 1. The highest BCUT2D eigenvalue weighted by molar-refractivity contribution is 7.15. The molecule has 3 aliphatic rings. The number of thiazole rings is 1. The van der Waals surface area contributed by atoms with E-state index < -0.39 is 5.92 Å². The number of carbonyl (C=O) groups is 2. The van der Waals surface area contributed by atoms with E-state index in [1.807, 2.05) is 13.0 Å². The molecular formula is C20H17Cl2NO3S. The third kappa shape index (κ3) is 2.55. The van der Waals surface area contributed by atoms with Crippen LogP contribution >= 0.6 is 34.5 Å². The van der Waals surface area contributed by atoms with E-state index in [4.69, 9.17) is 32.9 Å². The van der Waals surface area contributed by atoms with Gasteiger partial charge in [-0.25, -0.2) is 4.98 Å². The first-order valence-corrected chi connectivity index (χ1v) is 10.7. The summed E-state index contributed by atoms with van der Waals surface area (Å²) in [7, 11) is 0. The van der Waals surface area contributed by atoms with Crippen LogP contribution in [-0.2, 0) is 20.7 Å². The molecule has 0 amide bonds. The van der Waals surface area contributed by atoms with Crippen LogP contribution in [0.4, 0.5) is 0 Å². The van der Waals surface area contributed by atoms with Gasteiger partial charge in [-0.15, -0.1) is 11.3 Å². The predicted molar refractivity (Wildman–Crippen MR) is 105 cm³/mol. The van der Waals surface area contributed by atoms with Crippen molar-refractivity contribution in [1.82, 2.24) is 4.98 Å². The maximum atomic E-state index is 13.1. The zero-order chi connectivity index (χ0) is 18.9. The standard InChI is InChI=1S/C20H17Cl2NO3S/c1-2-13-17(23-20(27-13)9-4-3-8(21)7-10(9)22)16-18(24)14-11-5-6-12(26-11)15(14)19(16)25/h3-4,7,11-12,14-16H,2,5-6H2,1H3/t11?,12?,14-,15+,16?. The van der Waals surface area contributed by atoms with Gasteiger partial charge in [-0.3, -0.25) is 9.59 Å². The molecule has 0 N–H and O–H groups in total. The molecule has 0 spiro atoms. The highest BCUT2D eigenvalue weighted by Crippen LogP contribution is 2.53. The minimum Gasteiger partial charge on any atom is -0.373 e. The summed E-state index contributed by atoms with van der Waals surface area (Å²) < 4.78 is 5.83. The maximum absolute atomic E-state index is 13.1. The Kier molecular flexibility index (Phi) is 4.20. The van der Waals surface area contributed by atoms with Crippen molar-refractivity contribution in [3.05, 3.63) is 38.8 Å². The number of aromatic nitrogens is 1. The number of benzene rings is 1. The van der Waals surface area contributed by atoms with Gasteiger partial charge in [0, 0.05) is 15.5 Å². The summed E-state index contributed by atoms with van der Waals surface area (Å²) >= 11 is 13.8. The number of hydrogen-bond donors (Lipinski definition) is 0. The zero-order valence-corrected chi connectivity index (χ0v) is 16.9. The van der Waals surface area contributed by atoms with Crippen LogP contribution in [0, 0.1) is 11.8 Å². The van der Waals surface area contributed by atoms with Crippen LogP contribution in [0.2, 0.25) is 10.0 Å². The summed E-state index contributed by atoms with van der Waals surface area (Å²) in [5.74, 6) is -1.33. The summed E-state index contributed by atoms with van der Waals surface area (Å²) in [6.07, 6.45) is 2.29. The number of hydrogen-bond acceptors (Lipinski definition) is 5. The quantitative estimate of drug-likeness (QED) is 0.673. The van der Waals surface area contributed by atoms with Gasteiger partial charge in [-0.2, -0.15) is 0 Å². The fraction of sp³-hybridized carbons (Fsp3) is 0.450. The Labute approximate surface area is 170 Å². The molecule has 0 radical (unpaired) electrons. The van der Waals surface area contributed by atoms with Crippen molar-refractivity contribution in [3.63, 3.8) is 0 Å². The van der Waals surface area contributed by atoms with Crippen molar-refractivity contribution < 1.29 is 14.3 Å². The number of rotatable bonds is 3. The first kappa shape index (κ1) is 17.8. The second-order valence-electron chi connectivity index (χ2n) is 7.38. The molecule has 5 rings (SSSR count). The monoisotopic (exact) mass is 421 g/mol. The van der Waals surface area contributed by atoms with Gasteiger partial charge in [0.2, 0.25) is 0 Å². The lowest BCUT2D eigenvalue weighted by Gasteiger charge is -2.16. The van der Waals surface area contributed by atoms with Crippen LogP contribution in [0.25, 0.3) is 10.6 Å². The molecule has 3 unspecified atom stereocenters. The largest absolute Gasteiger partial charge is 0.373 e. The van der Waals surface area contributed by atoms with Gasteiger partial charge in [0.05, 0.1) is 34.8 Å². The first-order valence-electron chi connectivity index (χ1n) is 9.17. The number of nitrogens with zero attached hydrogens (tertiary/aromatic N) is 1. The predicted octanol–water partition coefficient (Wildman–Crippen LogP) is 4.71. The van der Waals surface area contributed by atoms with Gasteiger partial charge in [0.25, 0.3) is 0 Å². The Bertz CT molecular complexity index is 944. The lowest BCUT2D eigenvalue weighted by Crippen LogP contribution is -2.29. The van der Waals surface area contributed by atoms with Gasteiger partial charge >= 0.3 is 0 Å². The van der Waals surface area contributed by atoms with E-state index in [0.717, 1.165) is 28.3 Å². The van der Waals surface area contributed by atoms with E-state index in [9.17, 15) is 9.59 Å². The van der Waals surface area contributed by atoms with Crippen molar-refractivity contribution in [2.75, 3.05) is 0 Å². The molecule has 7 heteroatoms. The summed E-state index contributed by atoms with van der Waals surface area (Å²) in [6, 6.07) is 5.27. The molecule has 1 aromatic carbocycles. The Morgan fingerprint density at radius 2 is 1.81 bits per heavy atom. The molecule has 2 saturated heterocycles. The van der Waals surface area contributed by atoms with Crippen molar-refractivity contribution >= 4 is 46.1 Å². The number of Topliss-reactive ketones (excluding diaryl/α,β-unsaturated/α-hetero) is 2.